The molecule has 0 atom stereocenters. The van der Waals surface area contributed by atoms with Gasteiger partial charge in [0.1, 0.15) is 5.65 Å². The summed E-state index contributed by atoms with van der Waals surface area (Å²) in [4.78, 5) is 4.60. The second-order valence-corrected chi connectivity index (χ2v) is 7.24. The van der Waals surface area contributed by atoms with Crippen molar-refractivity contribution in [2.75, 3.05) is 0 Å². The van der Waals surface area contributed by atoms with E-state index in [-0.39, 0.29) is 0 Å². The lowest BCUT2D eigenvalue weighted by atomic mass is 10.2. The number of imidazole rings is 1. The van der Waals surface area contributed by atoms with E-state index in [2.05, 4.69) is 15.2 Å². The molecule has 3 aromatic heterocycles. The van der Waals surface area contributed by atoms with Crippen molar-refractivity contribution in [1.29, 1.82) is 0 Å². The van der Waals surface area contributed by atoms with Gasteiger partial charge in [0, 0.05) is 30.8 Å². The van der Waals surface area contributed by atoms with Crippen LogP contribution in [0.2, 0.25) is 10.0 Å². The van der Waals surface area contributed by atoms with Crippen molar-refractivity contribution in [3.05, 3.63) is 64.5 Å². The van der Waals surface area contributed by atoms with E-state index < -0.39 is 0 Å². The summed E-state index contributed by atoms with van der Waals surface area (Å²) < 4.78 is 3.95. The van der Waals surface area contributed by atoms with E-state index in [1.54, 1.807) is 23.9 Å². The average Bonchev–Trinajstić information content (AvgIpc) is 3.18. The van der Waals surface area contributed by atoms with Crippen molar-refractivity contribution < 1.29 is 0 Å². The highest BCUT2D eigenvalue weighted by Gasteiger charge is 2.13. The van der Waals surface area contributed by atoms with Gasteiger partial charge in [-0.3, -0.25) is 0 Å². The standard InChI is InChI=1S/C17H13Cl2N5S/c1-23-16(11-5-6-13(18)14(19)8-11)21-22-17(23)25-10-12-9-24-7-3-2-4-15(24)20-12/h2-9H,10H2,1H3. The highest BCUT2D eigenvalue weighted by Crippen LogP contribution is 2.29. The summed E-state index contributed by atoms with van der Waals surface area (Å²) >= 11 is 13.7. The van der Waals surface area contributed by atoms with Crippen molar-refractivity contribution in [2.45, 2.75) is 10.9 Å². The van der Waals surface area contributed by atoms with Crippen LogP contribution < -0.4 is 0 Å². The van der Waals surface area contributed by atoms with Crippen LogP contribution in [0.5, 0.6) is 0 Å². The number of thioether (sulfide) groups is 1. The first-order valence-electron chi connectivity index (χ1n) is 7.52. The van der Waals surface area contributed by atoms with E-state index in [0.717, 1.165) is 33.6 Å². The van der Waals surface area contributed by atoms with E-state index in [1.807, 2.05) is 52.7 Å². The Kier molecular flexibility index (Phi) is 4.41. The molecule has 0 radical (unpaired) electrons. The maximum Gasteiger partial charge on any atom is 0.191 e. The Hall–Kier alpha value is -2.02. The molecule has 4 aromatic rings. The molecule has 1 aromatic carbocycles. The first-order chi connectivity index (χ1) is 12.1. The summed E-state index contributed by atoms with van der Waals surface area (Å²) in [6.45, 7) is 0. The molecule has 0 aliphatic carbocycles. The summed E-state index contributed by atoms with van der Waals surface area (Å²) in [6, 6.07) is 11.4. The molecule has 5 nitrogen and oxygen atoms in total. The molecular weight excluding hydrogens is 377 g/mol. The third-order valence-corrected chi connectivity index (χ3v) is 5.57. The van der Waals surface area contributed by atoms with Gasteiger partial charge in [-0.25, -0.2) is 4.98 Å². The fraction of sp³-hybridized carbons (Fsp3) is 0.118. The molecule has 25 heavy (non-hydrogen) atoms. The van der Waals surface area contributed by atoms with Crippen molar-refractivity contribution in [2.24, 2.45) is 7.05 Å². The topological polar surface area (TPSA) is 48.0 Å². The molecule has 0 aliphatic rings. The lowest BCUT2D eigenvalue weighted by Gasteiger charge is -2.04. The van der Waals surface area contributed by atoms with E-state index in [0.29, 0.717) is 10.0 Å². The molecular formula is C17H13Cl2N5S. The maximum absolute atomic E-state index is 6.10. The molecule has 0 unspecified atom stereocenters. The zero-order chi connectivity index (χ0) is 17.4. The summed E-state index contributed by atoms with van der Waals surface area (Å²) in [5, 5.41) is 10.4. The Morgan fingerprint density at radius 3 is 2.76 bits per heavy atom. The largest absolute Gasteiger partial charge is 0.307 e. The van der Waals surface area contributed by atoms with Crippen LogP contribution in [0.4, 0.5) is 0 Å². The number of hydrogen-bond acceptors (Lipinski definition) is 4. The van der Waals surface area contributed by atoms with Gasteiger partial charge in [-0.05, 0) is 30.3 Å². The second kappa shape index (κ2) is 6.71. The van der Waals surface area contributed by atoms with Gasteiger partial charge in [0.2, 0.25) is 0 Å². The van der Waals surface area contributed by atoms with Crippen LogP contribution >= 0.6 is 35.0 Å². The normalized spacial score (nSPS) is 11.3. The van der Waals surface area contributed by atoms with Crippen molar-refractivity contribution >= 4 is 40.6 Å². The number of hydrogen-bond donors (Lipinski definition) is 0. The van der Waals surface area contributed by atoms with Gasteiger partial charge in [-0.1, -0.05) is 41.0 Å². The van der Waals surface area contributed by atoms with Crippen molar-refractivity contribution in [3.8, 4) is 11.4 Å². The number of aromatic nitrogens is 5. The summed E-state index contributed by atoms with van der Waals surface area (Å²) in [5.41, 5.74) is 2.81. The van der Waals surface area contributed by atoms with Crippen molar-refractivity contribution in [3.63, 3.8) is 0 Å². The number of rotatable bonds is 4. The summed E-state index contributed by atoms with van der Waals surface area (Å²) in [6.07, 6.45) is 4.01. The lowest BCUT2D eigenvalue weighted by molar-refractivity contribution is 0.793. The van der Waals surface area contributed by atoms with Gasteiger partial charge in [0.25, 0.3) is 0 Å². The van der Waals surface area contributed by atoms with Crippen LogP contribution in [0.3, 0.4) is 0 Å². The first-order valence-corrected chi connectivity index (χ1v) is 9.26. The van der Waals surface area contributed by atoms with Crippen LogP contribution in [-0.2, 0) is 12.8 Å². The molecule has 0 spiro atoms. The van der Waals surface area contributed by atoms with Crippen LogP contribution in [0.25, 0.3) is 17.0 Å². The van der Waals surface area contributed by atoms with Gasteiger partial charge in [0.15, 0.2) is 11.0 Å². The zero-order valence-corrected chi connectivity index (χ0v) is 15.6. The van der Waals surface area contributed by atoms with E-state index in [9.17, 15) is 0 Å². The molecule has 0 aliphatic heterocycles. The van der Waals surface area contributed by atoms with Crippen LogP contribution in [0.1, 0.15) is 5.69 Å². The Morgan fingerprint density at radius 2 is 1.96 bits per heavy atom. The lowest BCUT2D eigenvalue weighted by Crippen LogP contribution is -1.95. The third kappa shape index (κ3) is 3.25. The molecule has 0 saturated heterocycles. The second-order valence-electron chi connectivity index (χ2n) is 5.48. The predicted octanol–water partition coefficient (Wildman–Crippen LogP) is 4.73. The molecule has 0 N–H and O–H groups in total. The molecule has 0 fully saturated rings. The molecule has 8 heteroatoms. The molecule has 0 amide bonds. The highest BCUT2D eigenvalue weighted by atomic mass is 35.5. The van der Waals surface area contributed by atoms with Crippen LogP contribution in [0, 0.1) is 0 Å². The van der Waals surface area contributed by atoms with E-state index in [4.69, 9.17) is 23.2 Å². The Bertz CT molecular complexity index is 1020. The van der Waals surface area contributed by atoms with Gasteiger partial charge in [-0.15, -0.1) is 10.2 Å². The summed E-state index contributed by atoms with van der Waals surface area (Å²) in [5.74, 6) is 1.46. The minimum atomic E-state index is 0.501. The first kappa shape index (κ1) is 16.4. The summed E-state index contributed by atoms with van der Waals surface area (Å²) in [7, 11) is 1.93. The van der Waals surface area contributed by atoms with Gasteiger partial charge >= 0.3 is 0 Å². The Balaban J connectivity index is 1.55. The van der Waals surface area contributed by atoms with Crippen LogP contribution in [0.15, 0.2) is 53.9 Å². The van der Waals surface area contributed by atoms with Crippen molar-refractivity contribution in [1.82, 2.24) is 24.1 Å². The van der Waals surface area contributed by atoms with E-state index >= 15 is 0 Å². The number of halogens is 2. The SMILES string of the molecule is Cn1c(SCc2cn3ccccc3n2)nnc1-c1ccc(Cl)c(Cl)c1. The molecule has 0 bridgehead atoms. The van der Waals surface area contributed by atoms with E-state index in [1.165, 1.54) is 0 Å². The molecule has 126 valence electrons. The minimum Gasteiger partial charge on any atom is -0.307 e. The average molecular weight is 390 g/mol. The zero-order valence-electron chi connectivity index (χ0n) is 13.2. The number of pyridine rings is 1. The smallest absolute Gasteiger partial charge is 0.191 e. The number of benzene rings is 1. The van der Waals surface area contributed by atoms with Gasteiger partial charge in [0.05, 0.1) is 15.7 Å². The highest BCUT2D eigenvalue weighted by molar-refractivity contribution is 7.98. The quantitative estimate of drug-likeness (QED) is 0.473. The Morgan fingerprint density at radius 1 is 1.08 bits per heavy atom. The maximum atomic E-state index is 6.10. The van der Waals surface area contributed by atoms with Crippen LogP contribution in [-0.4, -0.2) is 24.1 Å². The third-order valence-electron chi connectivity index (χ3n) is 3.78. The molecule has 3 heterocycles. The molecule has 4 rings (SSSR count). The Labute approximate surface area is 158 Å². The van der Waals surface area contributed by atoms with Gasteiger partial charge in [-0.2, -0.15) is 0 Å². The predicted molar refractivity (Wildman–Crippen MR) is 101 cm³/mol. The number of nitrogens with zero attached hydrogens (tertiary/aromatic N) is 5. The fourth-order valence-corrected chi connectivity index (χ4v) is 3.62. The number of fused-ring (bicyclic) bond motifs is 1. The fourth-order valence-electron chi connectivity index (χ4n) is 2.52. The monoisotopic (exact) mass is 389 g/mol. The minimum absolute atomic E-state index is 0.501. The molecule has 0 saturated carbocycles. The van der Waals surface area contributed by atoms with Gasteiger partial charge < -0.3 is 8.97 Å².